The summed E-state index contributed by atoms with van der Waals surface area (Å²) in [5.74, 6) is -0.920. The summed E-state index contributed by atoms with van der Waals surface area (Å²) in [4.78, 5) is 29.1. The van der Waals surface area contributed by atoms with E-state index in [9.17, 15) is 14.7 Å². The lowest BCUT2D eigenvalue weighted by Gasteiger charge is -2.31. The van der Waals surface area contributed by atoms with E-state index >= 15 is 0 Å². The molecule has 2 saturated heterocycles. The average Bonchev–Trinajstić information content (AvgIpc) is 2.87. The number of hydrogen-bond donors (Lipinski definition) is 1. The van der Waals surface area contributed by atoms with Crippen molar-refractivity contribution in [2.24, 2.45) is 11.3 Å². The molecule has 2 atom stereocenters. The normalized spacial score (nSPS) is 27.5. The average molecular weight is 346 g/mol. The predicted molar refractivity (Wildman–Crippen MR) is 94.2 cm³/mol. The molecule has 136 valence electrons. The van der Waals surface area contributed by atoms with Gasteiger partial charge in [-0.2, -0.15) is 0 Å². The molecule has 2 aliphatic heterocycles. The Morgan fingerprint density at radius 1 is 1.32 bits per heavy atom. The van der Waals surface area contributed by atoms with Gasteiger partial charge in [-0.15, -0.1) is 0 Å². The van der Waals surface area contributed by atoms with Crippen LogP contribution in [0.1, 0.15) is 18.9 Å². The van der Waals surface area contributed by atoms with Crippen LogP contribution < -0.4 is 4.90 Å². The largest absolute Gasteiger partial charge is 0.396 e. The Kier molecular flexibility index (Phi) is 5.11. The van der Waals surface area contributed by atoms with Crippen molar-refractivity contribution < 1.29 is 19.4 Å². The fraction of sp³-hybridized carbons (Fsp3) is 0.579. The summed E-state index contributed by atoms with van der Waals surface area (Å²) in [7, 11) is 0. The molecule has 0 spiro atoms. The van der Waals surface area contributed by atoms with Gasteiger partial charge in [-0.25, -0.2) is 0 Å². The first-order chi connectivity index (χ1) is 11.9. The van der Waals surface area contributed by atoms with Crippen LogP contribution in [0.5, 0.6) is 0 Å². The molecule has 0 aliphatic carbocycles. The highest BCUT2D eigenvalue weighted by Crippen LogP contribution is 2.28. The summed E-state index contributed by atoms with van der Waals surface area (Å²) in [6.07, 6.45) is 0.527. The van der Waals surface area contributed by atoms with Crippen molar-refractivity contribution in [2.45, 2.75) is 20.3 Å². The number of ether oxygens (including phenoxy) is 1. The molecule has 6 nitrogen and oxygen atoms in total. The summed E-state index contributed by atoms with van der Waals surface area (Å²) in [6, 6.07) is 7.78. The highest BCUT2D eigenvalue weighted by atomic mass is 16.5. The number of anilines is 1. The van der Waals surface area contributed by atoms with Gasteiger partial charge >= 0.3 is 0 Å². The number of amides is 2. The van der Waals surface area contributed by atoms with Gasteiger partial charge in [0.2, 0.25) is 11.8 Å². The predicted octanol–water partition coefficient (Wildman–Crippen LogP) is 1.21. The summed E-state index contributed by atoms with van der Waals surface area (Å²) >= 11 is 0. The number of rotatable bonds is 3. The molecule has 3 rings (SSSR count). The maximum absolute atomic E-state index is 12.9. The molecule has 2 aliphatic rings. The van der Waals surface area contributed by atoms with E-state index in [0.29, 0.717) is 39.3 Å². The Balaban J connectivity index is 1.72. The smallest absolute Gasteiger partial charge is 0.239 e. The lowest BCUT2D eigenvalue weighted by atomic mass is 9.92. The minimum atomic E-state index is -0.637. The van der Waals surface area contributed by atoms with Gasteiger partial charge in [-0.05, 0) is 25.5 Å². The molecule has 0 radical (unpaired) electrons. The van der Waals surface area contributed by atoms with Gasteiger partial charge in [0, 0.05) is 30.7 Å². The van der Waals surface area contributed by atoms with Crippen LogP contribution in [-0.4, -0.2) is 61.3 Å². The number of carbonyl (C=O) groups is 2. The van der Waals surface area contributed by atoms with Crippen molar-refractivity contribution in [3.05, 3.63) is 29.8 Å². The molecule has 25 heavy (non-hydrogen) atoms. The molecule has 2 fully saturated rings. The van der Waals surface area contributed by atoms with Crippen molar-refractivity contribution in [3.63, 3.8) is 0 Å². The Morgan fingerprint density at radius 3 is 2.72 bits per heavy atom. The minimum Gasteiger partial charge on any atom is -0.396 e. The van der Waals surface area contributed by atoms with Crippen molar-refractivity contribution >= 4 is 17.5 Å². The number of aryl methyl sites for hydroxylation is 1. The lowest BCUT2D eigenvalue weighted by Crippen LogP contribution is -2.46. The molecule has 1 N–H and O–H groups in total. The molecule has 0 saturated carbocycles. The Labute approximate surface area is 148 Å². The van der Waals surface area contributed by atoms with Gasteiger partial charge in [-0.1, -0.05) is 24.6 Å². The Bertz CT molecular complexity index is 645. The molecular weight excluding hydrogens is 320 g/mol. The summed E-state index contributed by atoms with van der Waals surface area (Å²) in [5.41, 5.74) is 1.49. The van der Waals surface area contributed by atoms with Crippen LogP contribution in [0.3, 0.4) is 0 Å². The fourth-order valence-electron chi connectivity index (χ4n) is 3.47. The monoisotopic (exact) mass is 346 g/mol. The van der Waals surface area contributed by atoms with E-state index < -0.39 is 11.3 Å². The second-order valence-corrected chi connectivity index (χ2v) is 7.45. The van der Waals surface area contributed by atoms with Crippen molar-refractivity contribution in [1.82, 2.24) is 4.90 Å². The first-order valence-electron chi connectivity index (χ1n) is 8.79. The van der Waals surface area contributed by atoms with Gasteiger partial charge in [0.05, 0.1) is 19.8 Å². The molecule has 6 heteroatoms. The van der Waals surface area contributed by atoms with Crippen molar-refractivity contribution in [3.8, 4) is 0 Å². The maximum Gasteiger partial charge on any atom is 0.239 e. The second-order valence-electron chi connectivity index (χ2n) is 7.45. The van der Waals surface area contributed by atoms with Crippen LogP contribution in [0.15, 0.2) is 24.3 Å². The standard InChI is InChI=1S/C19H26N2O4/c1-14-3-5-15(6-4-14)21-8-7-16(18(21)24)17(23)20-9-10-25-13-19(2,11-20)12-22/h3-6,16,22H,7-13H2,1-2H3. The molecule has 2 unspecified atom stereocenters. The number of aliphatic hydroxyl groups excluding tert-OH is 1. The zero-order valence-corrected chi connectivity index (χ0v) is 14.9. The summed E-state index contributed by atoms with van der Waals surface area (Å²) in [6.45, 7) is 6.13. The third-order valence-corrected chi connectivity index (χ3v) is 5.07. The van der Waals surface area contributed by atoms with E-state index in [2.05, 4.69) is 0 Å². The van der Waals surface area contributed by atoms with E-state index in [-0.39, 0.29) is 18.4 Å². The van der Waals surface area contributed by atoms with Crippen molar-refractivity contribution in [1.29, 1.82) is 0 Å². The first kappa shape index (κ1) is 17.9. The quantitative estimate of drug-likeness (QED) is 0.835. The summed E-state index contributed by atoms with van der Waals surface area (Å²) < 4.78 is 5.52. The highest BCUT2D eigenvalue weighted by molar-refractivity contribution is 6.09. The molecule has 0 aromatic heterocycles. The van der Waals surface area contributed by atoms with E-state index in [1.165, 1.54) is 0 Å². The highest BCUT2D eigenvalue weighted by Gasteiger charge is 2.41. The first-order valence-corrected chi connectivity index (χ1v) is 8.79. The zero-order chi connectivity index (χ0) is 18.0. The molecule has 1 aromatic carbocycles. The van der Waals surface area contributed by atoms with Crippen molar-refractivity contribution in [2.75, 3.05) is 44.4 Å². The number of nitrogens with zero attached hydrogens (tertiary/aromatic N) is 2. The van der Waals surface area contributed by atoms with Gasteiger partial charge in [0.15, 0.2) is 0 Å². The Morgan fingerprint density at radius 2 is 2.04 bits per heavy atom. The van der Waals surface area contributed by atoms with Crippen LogP contribution in [-0.2, 0) is 14.3 Å². The molecular formula is C19H26N2O4. The van der Waals surface area contributed by atoms with E-state index in [0.717, 1.165) is 11.3 Å². The number of hydrogen-bond acceptors (Lipinski definition) is 4. The third kappa shape index (κ3) is 3.70. The molecule has 2 heterocycles. The molecule has 0 bridgehead atoms. The lowest BCUT2D eigenvalue weighted by molar-refractivity contribution is -0.140. The van der Waals surface area contributed by atoms with E-state index in [1.807, 2.05) is 38.1 Å². The molecule has 1 aromatic rings. The number of benzene rings is 1. The number of carbonyl (C=O) groups excluding carboxylic acids is 2. The Hall–Kier alpha value is -1.92. The van der Waals surface area contributed by atoms with Gasteiger partial charge in [0.1, 0.15) is 5.92 Å². The topological polar surface area (TPSA) is 70.1 Å². The van der Waals surface area contributed by atoms with Crippen LogP contribution in [0.4, 0.5) is 5.69 Å². The summed E-state index contributed by atoms with van der Waals surface area (Å²) in [5, 5.41) is 9.61. The number of aliphatic hydroxyl groups is 1. The molecule has 2 amide bonds. The van der Waals surface area contributed by atoms with Gasteiger partial charge < -0.3 is 19.6 Å². The van der Waals surface area contributed by atoms with E-state index in [4.69, 9.17) is 4.74 Å². The van der Waals surface area contributed by atoms with Gasteiger partial charge in [-0.3, -0.25) is 9.59 Å². The minimum absolute atomic E-state index is 0.0507. The maximum atomic E-state index is 12.9. The van der Waals surface area contributed by atoms with E-state index in [1.54, 1.807) is 9.80 Å². The fourth-order valence-corrected chi connectivity index (χ4v) is 3.47. The van der Waals surface area contributed by atoms with Crippen LogP contribution in [0.25, 0.3) is 0 Å². The van der Waals surface area contributed by atoms with Crippen LogP contribution in [0.2, 0.25) is 0 Å². The van der Waals surface area contributed by atoms with Gasteiger partial charge in [0.25, 0.3) is 0 Å². The van der Waals surface area contributed by atoms with Crippen LogP contribution in [0, 0.1) is 18.3 Å². The van der Waals surface area contributed by atoms with Crippen LogP contribution >= 0.6 is 0 Å². The second kappa shape index (κ2) is 7.14. The SMILES string of the molecule is Cc1ccc(N2CCC(C(=O)N3CCOCC(C)(CO)C3)C2=O)cc1. The zero-order valence-electron chi connectivity index (χ0n) is 14.9. The third-order valence-electron chi connectivity index (χ3n) is 5.07.